The van der Waals surface area contributed by atoms with Crippen LogP contribution >= 0.6 is 0 Å². The summed E-state index contributed by atoms with van der Waals surface area (Å²) in [6.45, 7) is 6.71. The molecule has 0 spiro atoms. The van der Waals surface area contributed by atoms with Gasteiger partial charge >= 0.3 is 17.9 Å². The average Bonchev–Trinajstić information content (AvgIpc) is 3.30. The third-order valence-electron chi connectivity index (χ3n) is 13.6. The van der Waals surface area contributed by atoms with E-state index >= 15 is 0 Å². The molecule has 0 radical (unpaired) electrons. The van der Waals surface area contributed by atoms with E-state index in [1.54, 1.807) is 0 Å². The predicted octanol–water partition coefficient (Wildman–Crippen LogP) is 19.5. The van der Waals surface area contributed by atoms with Gasteiger partial charge in [-0.05, 0) is 19.3 Å². The maximum Gasteiger partial charge on any atom is 0.306 e. The molecular weight excluding hydrogens is 805 g/mol. The lowest BCUT2D eigenvalue weighted by Gasteiger charge is -2.18. The Kier molecular flexibility index (Phi) is 53.7. The molecule has 0 fully saturated rings. The van der Waals surface area contributed by atoms with Crippen LogP contribution in [0.1, 0.15) is 342 Å². The van der Waals surface area contributed by atoms with Crippen LogP contribution in [0.25, 0.3) is 0 Å². The molecule has 0 N–H and O–H groups in total. The molecule has 1 unspecified atom stereocenters. The van der Waals surface area contributed by atoms with Crippen molar-refractivity contribution in [2.75, 3.05) is 13.2 Å². The van der Waals surface area contributed by atoms with Crippen LogP contribution in [0.15, 0.2) is 0 Å². The first-order valence-electron chi connectivity index (χ1n) is 29.5. The van der Waals surface area contributed by atoms with Crippen molar-refractivity contribution in [3.8, 4) is 0 Å². The van der Waals surface area contributed by atoms with Crippen molar-refractivity contribution in [3.05, 3.63) is 0 Å². The molecule has 6 nitrogen and oxygen atoms in total. The van der Waals surface area contributed by atoms with E-state index < -0.39 is 6.10 Å². The van der Waals surface area contributed by atoms with Gasteiger partial charge in [0.1, 0.15) is 13.2 Å². The summed E-state index contributed by atoms with van der Waals surface area (Å²) >= 11 is 0. The Morgan fingerprint density at radius 2 is 0.415 bits per heavy atom. The van der Waals surface area contributed by atoms with Gasteiger partial charge in [0.05, 0.1) is 0 Å². The van der Waals surface area contributed by atoms with Crippen molar-refractivity contribution < 1.29 is 28.6 Å². The summed E-state index contributed by atoms with van der Waals surface area (Å²) in [6, 6.07) is 0. The van der Waals surface area contributed by atoms with Crippen LogP contribution in [-0.2, 0) is 28.6 Å². The van der Waals surface area contributed by atoms with Gasteiger partial charge < -0.3 is 14.2 Å². The zero-order chi connectivity index (χ0) is 47.2. The molecule has 0 aromatic heterocycles. The van der Waals surface area contributed by atoms with Crippen molar-refractivity contribution in [3.63, 3.8) is 0 Å². The third-order valence-corrected chi connectivity index (χ3v) is 13.6. The minimum atomic E-state index is -0.761. The lowest BCUT2D eigenvalue weighted by atomic mass is 10.0. The predicted molar refractivity (Wildman–Crippen MR) is 280 cm³/mol. The van der Waals surface area contributed by atoms with Crippen LogP contribution in [0.5, 0.6) is 0 Å². The van der Waals surface area contributed by atoms with Crippen LogP contribution in [0.2, 0.25) is 0 Å². The molecule has 0 aliphatic carbocycles. The van der Waals surface area contributed by atoms with Gasteiger partial charge in [-0.25, -0.2) is 0 Å². The van der Waals surface area contributed by atoms with E-state index in [2.05, 4.69) is 20.8 Å². The third kappa shape index (κ3) is 53.2. The maximum atomic E-state index is 12.8. The molecule has 0 saturated carbocycles. The Morgan fingerprint density at radius 3 is 0.615 bits per heavy atom. The summed E-state index contributed by atoms with van der Waals surface area (Å²) in [5, 5.41) is 0. The van der Waals surface area contributed by atoms with E-state index in [0.717, 1.165) is 57.8 Å². The molecule has 0 aromatic carbocycles. The second kappa shape index (κ2) is 55.0. The number of carbonyl (C=O) groups is 3. The highest BCUT2D eigenvalue weighted by Gasteiger charge is 2.19. The molecular formula is C59H114O6. The van der Waals surface area contributed by atoms with Gasteiger partial charge in [-0.1, -0.05) is 303 Å². The lowest BCUT2D eigenvalue weighted by Crippen LogP contribution is -2.30. The number of hydrogen-bond donors (Lipinski definition) is 0. The fraction of sp³-hybridized carbons (Fsp3) is 0.949. The van der Waals surface area contributed by atoms with E-state index in [0.29, 0.717) is 19.3 Å². The van der Waals surface area contributed by atoms with Gasteiger partial charge in [0.2, 0.25) is 0 Å². The highest BCUT2D eigenvalue weighted by atomic mass is 16.6. The second-order valence-corrected chi connectivity index (χ2v) is 20.3. The maximum absolute atomic E-state index is 12.8. The van der Waals surface area contributed by atoms with Crippen LogP contribution in [0.3, 0.4) is 0 Å². The Labute approximate surface area is 406 Å². The molecule has 0 saturated heterocycles. The first-order valence-corrected chi connectivity index (χ1v) is 29.5. The van der Waals surface area contributed by atoms with Crippen molar-refractivity contribution in [1.82, 2.24) is 0 Å². The zero-order valence-electron chi connectivity index (χ0n) is 44.3. The van der Waals surface area contributed by atoms with E-state index in [1.165, 1.54) is 244 Å². The van der Waals surface area contributed by atoms with Crippen LogP contribution in [-0.4, -0.2) is 37.2 Å². The van der Waals surface area contributed by atoms with Crippen molar-refractivity contribution >= 4 is 17.9 Å². The molecule has 386 valence electrons. The van der Waals surface area contributed by atoms with Gasteiger partial charge in [-0.15, -0.1) is 0 Å². The number of esters is 3. The number of hydrogen-bond acceptors (Lipinski definition) is 6. The Morgan fingerprint density at radius 1 is 0.246 bits per heavy atom. The molecule has 0 aliphatic heterocycles. The summed E-state index contributed by atoms with van der Waals surface area (Å²) in [4.78, 5) is 38.1. The minimum Gasteiger partial charge on any atom is -0.462 e. The molecule has 0 heterocycles. The SMILES string of the molecule is CCCCCCCCCCCCCCCCCCCCCC(=O)OCC(COC(=O)CCCCCCCCCCCCCC)OC(=O)CCCCCCCCCCCCCCCCCC. The van der Waals surface area contributed by atoms with Gasteiger partial charge in [-0.3, -0.25) is 14.4 Å². The van der Waals surface area contributed by atoms with Gasteiger partial charge in [0.25, 0.3) is 0 Å². The van der Waals surface area contributed by atoms with Gasteiger partial charge in [0, 0.05) is 19.3 Å². The second-order valence-electron chi connectivity index (χ2n) is 20.3. The first kappa shape index (κ1) is 63.4. The summed E-state index contributed by atoms with van der Waals surface area (Å²) in [7, 11) is 0. The highest BCUT2D eigenvalue weighted by molar-refractivity contribution is 5.71. The van der Waals surface area contributed by atoms with E-state index in [-0.39, 0.29) is 31.1 Å². The monoisotopic (exact) mass is 919 g/mol. The largest absolute Gasteiger partial charge is 0.462 e. The average molecular weight is 920 g/mol. The number of unbranched alkanes of at least 4 members (excludes halogenated alkanes) is 44. The Balaban J connectivity index is 4.25. The Hall–Kier alpha value is -1.59. The van der Waals surface area contributed by atoms with Crippen LogP contribution in [0, 0.1) is 0 Å². The van der Waals surface area contributed by atoms with Gasteiger partial charge in [-0.2, -0.15) is 0 Å². The normalized spacial score (nSPS) is 11.9. The van der Waals surface area contributed by atoms with Gasteiger partial charge in [0.15, 0.2) is 6.10 Å². The molecule has 0 aromatic rings. The summed E-state index contributed by atoms with van der Waals surface area (Å²) in [5.41, 5.74) is 0. The van der Waals surface area contributed by atoms with Crippen molar-refractivity contribution in [2.45, 2.75) is 348 Å². The van der Waals surface area contributed by atoms with Crippen molar-refractivity contribution in [1.29, 1.82) is 0 Å². The number of ether oxygens (including phenoxy) is 3. The van der Waals surface area contributed by atoms with E-state index in [1.807, 2.05) is 0 Å². The molecule has 1 atom stereocenters. The van der Waals surface area contributed by atoms with Crippen molar-refractivity contribution in [2.24, 2.45) is 0 Å². The standard InChI is InChI=1S/C59H114O6/c1-4-7-10-13-16-19-22-25-27-29-30-31-33-34-37-40-43-46-49-52-58(61)64-55-56(54-63-57(60)51-48-45-42-39-36-24-21-18-15-12-9-6-3)65-59(62)53-50-47-44-41-38-35-32-28-26-23-20-17-14-11-8-5-2/h56H,4-55H2,1-3H3. The molecule has 0 bridgehead atoms. The molecule has 0 aliphatic rings. The molecule has 0 rings (SSSR count). The fourth-order valence-electron chi connectivity index (χ4n) is 9.15. The fourth-order valence-corrected chi connectivity index (χ4v) is 9.15. The minimum absolute atomic E-state index is 0.0610. The van der Waals surface area contributed by atoms with Crippen LogP contribution in [0.4, 0.5) is 0 Å². The summed E-state index contributed by atoms with van der Waals surface area (Å²) in [5.74, 6) is -0.831. The summed E-state index contributed by atoms with van der Waals surface area (Å²) < 4.78 is 16.9. The molecule has 6 heteroatoms. The van der Waals surface area contributed by atoms with E-state index in [4.69, 9.17) is 14.2 Å². The smallest absolute Gasteiger partial charge is 0.306 e. The summed E-state index contributed by atoms with van der Waals surface area (Å²) in [6.07, 6.45) is 60.9. The topological polar surface area (TPSA) is 78.9 Å². The highest BCUT2D eigenvalue weighted by Crippen LogP contribution is 2.18. The number of carbonyl (C=O) groups excluding carboxylic acids is 3. The van der Waals surface area contributed by atoms with Crippen LogP contribution < -0.4 is 0 Å². The molecule has 65 heavy (non-hydrogen) atoms. The zero-order valence-corrected chi connectivity index (χ0v) is 44.3. The first-order chi connectivity index (χ1) is 32.0. The number of rotatable bonds is 55. The Bertz CT molecular complexity index is 967. The lowest BCUT2D eigenvalue weighted by molar-refractivity contribution is -0.167. The van der Waals surface area contributed by atoms with E-state index in [9.17, 15) is 14.4 Å². The quantitative estimate of drug-likeness (QED) is 0.0344. The molecule has 0 amide bonds.